The fourth-order valence-electron chi connectivity index (χ4n) is 0.707. The fourth-order valence-corrected chi connectivity index (χ4v) is 0.707. The molecule has 0 amide bonds. The van der Waals surface area contributed by atoms with Gasteiger partial charge in [-0.1, -0.05) is 30.3 Å². The Kier molecular flexibility index (Phi) is 6.82. The summed E-state index contributed by atoms with van der Waals surface area (Å²) in [5.74, 6) is 0. The van der Waals surface area contributed by atoms with Gasteiger partial charge in [-0.15, -0.1) is 0 Å². The highest BCUT2D eigenvalue weighted by molar-refractivity contribution is 5.33. The van der Waals surface area contributed by atoms with Crippen LogP contribution in [0.3, 0.4) is 0 Å². The maximum Gasteiger partial charge on any atom is 0.235 e. The third-order valence-corrected chi connectivity index (χ3v) is 1.17. The first kappa shape index (κ1) is 11.0. The molecule has 1 N–H and O–H groups in total. The molecule has 0 spiro atoms. The first-order valence-electron chi connectivity index (χ1n) is 3.46. The van der Waals surface area contributed by atoms with Crippen LogP contribution in [0.1, 0.15) is 5.56 Å². The van der Waals surface area contributed by atoms with E-state index in [0.29, 0.717) is 6.54 Å². The molecular formula is C9H8N2O2. The largest absolute Gasteiger partial charge is 0.235 e. The van der Waals surface area contributed by atoms with E-state index in [1.54, 1.807) is 0 Å². The Labute approximate surface area is 75.4 Å². The van der Waals surface area contributed by atoms with Crippen molar-refractivity contribution < 1.29 is 9.59 Å². The Bertz CT molecular complexity index is 310. The molecular weight excluding hydrogens is 168 g/mol. The number of carbonyl (C=O) groups excluding carboxylic acids is 2. The quantitative estimate of drug-likeness (QED) is 0.546. The molecule has 0 aliphatic heterocycles. The van der Waals surface area contributed by atoms with Crippen LogP contribution >= 0.6 is 0 Å². The topological polar surface area (TPSA) is 70.3 Å². The molecule has 0 atom stereocenters. The van der Waals surface area contributed by atoms with E-state index in [1.165, 1.54) is 6.08 Å². The standard InChI is InChI=1S/C8H7NO.CHNO/c10-7-9-6-8-4-2-1-3-5-8;2-1-3/h1-5H,6H2;2H. The van der Waals surface area contributed by atoms with Crippen LogP contribution in [0.4, 0.5) is 0 Å². The molecule has 0 aliphatic rings. The maximum atomic E-state index is 9.69. The van der Waals surface area contributed by atoms with E-state index in [1.807, 2.05) is 30.3 Å². The number of hydrogen-bond donors (Lipinski definition) is 1. The number of nitrogens with zero attached hydrogens (tertiary/aromatic N) is 1. The van der Waals surface area contributed by atoms with Crippen LogP contribution in [0.25, 0.3) is 0 Å². The summed E-state index contributed by atoms with van der Waals surface area (Å²) < 4.78 is 0. The third kappa shape index (κ3) is 6.38. The van der Waals surface area contributed by atoms with Gasteiger partial charge in [0.05, 0.1) is 6.54 Å². The van der Waals surface area contributed by atoms with Crippen molar-refractivity contribution >= 4 is 12.2 Å². The highest BCUT2D eigenvalue weighted by Crippen LogP contribution is 1.98. The van der Waals surface area contributed by atoms with Crippen molar-refractivity contribution in [3.8, 4) is 0 Å². The Balaban J connectivity index is 0.000000424. The lowest BCUT2D eigenvalue weighted by Gasteiger charge is -1.89. The zero-order valence-electron chi connectivity index (χ0n) is 6.86. The summed E-state index contributed by atoms with van der Waals surface area (Å²) in [7, 11) is 0. The molecule has 0 radical (unpaired) electrons. The van der Waals surface area contributed by atoms with Crippen LogP contribution in [0.15, 0.2) is 35.3 Å². The van der Waals surface area contributed by atoms with Crippen molar-refractivity contribution in [2.24, 2.45) is 4.99 Å². The molecule has 13 heavy (non-hydrogen) atoms. The molecule has 66 valence electrons. The van der Waals surface area contributed by atoms with Gasteiger partial charge < -0.3 is 0 Å². The molecule has 0 saturated heterocycles. The van der Waals surface area contributed by atoms with E-state index < -0.39 is 0 Å². The number of rotatable bonds is 2. The average molecular weight is 176 g/mol. The number of nitrogens with one attached hydrogen (secondary N) is 1. The van der Waals surface area contributed by atoms with Crippen LogP contribution < -0.4 is 0 Å². The minimum absolute atomic E-state index is 0.435. The smallest absolute Gasteiger partial charge is 0.222 e. The average Bonchev–Trinajstić information content (AvgIpc) is 2.18. The second kappa shape index (κ2) is 8.08. The summed E-state index contributed by atoms with van der Waals surface area (Å²) >= 11 is 0. The van der Waals surface area contributed by atoms with Gasteiger partial charge in [0.15, 0.2) is 0 Å². The predicted octanol–water partition coefficient (Wildman–Crippen LogP) is 1.42. The van der Waals surface area contributed by atoms with E-state index in [4.69, 9.17) is 10.2 Å². The van der Waals surface area contributed by atoms with Crippen molar-refractivity contribution in [3.05, 3.63) is 35.9 Å². The van der Waals surface area contributed by atoms with E-state index in [-0.39, 0.29) is 0 Å². The van der Waals surface area contributed by atoms with Gasteiger partial charge >= 0.3 is 0 Å². The second-order valence-electron chi connectivity index (χ2n) is 2.00. The van der Waals surface area contributed by atoms with E-state index in [0.717, 1.165) is 11.6 Å². The lowest BCUT2D eigenvalue weighted by molar-refractivity contribution is 0.562. The highest BCUT2D eigenvalue weighted by Gasteiger charge is 1.84. The lowest BCUT2D eigenvalue weighted by atomic mass is 10.2. The SMILES string of the molecule is N=C=O.O=C=NCc1ccccc1. The second-order valence-corrected chi connectivity index (χ2v) is 2.00. The number of isocyanates is 2. The van der Waals surface area contributed by atoms with Gasteiger partial charge in [0.1, 0.15) is 0 Å². The summed E-state index contributed by atoms with van der Waals surface area (Å²) in [5, 5.41) is 5.40. The highest BCUT2D eigenvalue weighted by atomic mass is 16.1. The van der Waals surface area contributed by atoms with Gasteiger partial charge in [0, 0.05) is 0 Å². The molecule has 0 unspecified atom stereocenters. The summed E-state index contributed by atoms with van der Waals surface area (Å²) in [6, 6.07) is 9.58. The Morgan fingerprint density at radius 2 is 1.77 bits per heavy atom. The van der Waals surface area contributed by atoms with Gasteiger partial charge in [-0.05, 0) is 5.56 Å². The minimum Gasteiger partial charge on any atom is -0.222 e. The van der Waals surface area contributed by atoms with Crippen molar-refractivity contribution in [2.75, 3.05) is 0 Å². The number of aliphatic imine (C=N–C) groups is 1. The fraction of sp³-hybridized carbons (Fsp3) is 0.111. The molecule has 1 aromatic rings. The van der Waals surface area contributed by atoms with Gasteiger partial charge in [-0.25, -0.2) is 20.0 Å². The summed E-state index contributed by atoms with van der Waals surface area (Å²) in [6.07, 6.45) is 2.24. The maximum absolute atomic E-state index is 9.69. The van der Waals surface area contributed by atoms with Crippen molar-refractivity contribution in [1.82, 2.24) is 0 Å². The molecule has 4 nitrogen and oxygen atoms in total. The molecule has 1 rings (SSSR count). The minimum atomic E-state index is 0.435. The van der Waals surface area contributed by atoms with Crippen LogP contribution in [-0.4, -0.2) is 12.2 Å². The predicted molar refractivity (Wildman–Crippen MR) is 46.7 cm³/mol. The van der Waals surface area contributed by atoms with Gasteiger partial charge in [0.25, 0.3) is 0 Å². The molecule has 1 aromatic carbocycles. The van der Waals surface area contributed by atoms with E-state index in [2.05, 4.69) is 4.99 Å². The molecule has 0 heterocycles. The summed E-state index contributed by atoms with van der Waals surface area (Å²) in [6.45, 7) is 0.435. The normalized spacial score (nSPS) is 7.08. The van der Waals surface area contributed by atoms with Gasteiger partial charge in [-0.2, -0.15) is 0 Å². The number of benzene rings is 1. The van der Waals surface area contributed by atoms with Crippen LogP contribution in [0.5, 0.6) is 0 Å². The molecule has 0 bridgehead atoms. The van der Waals surface area contributed by atoms with Crippen LogP contribution in [0, 0.1) is 5.41 Å². The van der Waals surface area contributed by atoms with Crippen molar-refractivity contribution in [1.29, 1.82) is 5.41 Å². The summed E-state index contributed by atoms with van der Waals surface area (Å²) in [5.41, 5.74) is 1.03. The zero-order valence-corrected chi connectivity index (χ0v) is 6.86. The molecule has 0 aliphatic carbocycles. The first-order valence-corrected chi connectivity index (χ1v) is 3.46. The Morgan fingerprint density at radius 1 is 1.23 bits per heavy atom. The van der Waals surface area contributed by atoms with Gasteiger partial charge in [-0.3, -0.25) is 0 Å². The van der Waals surface area contributed by atoms with Crippen LogP contribution in [0.2, 0.25) is 0 Å². The van der Waals surface area contributed by atoms with Gasteiger partial charge in [0.2, 0.25) is 12.2 Å². The van der Waals surface area contributed by atoms with E-state index >= 15 is 0 Å². The van der Waals surface area contributed by atoms with Crippen molar-refractivity contribution in [2.45, 2.75) is 6.54 Å². The molecule has 4 heteroatoms. The first-order chi connectivity index (χ1) is 6.35. The summed E-state index contributed by atoms with van der Waals surface area (Å²) in [4.78, 5) is 21.5. The molecule has 0 aromatic heterocycles. The van der Waals surface area contributed by atoms with E-state index in [9.17, 15) is 4.79 Å². The lowest BCUT2D eigenvalue weighted by Crippen LogP contribution is -1.77. The Morgan fingerprint density at radius 3 is 2.23 bits per heavy atom. The van der Waals surface area contributed by atoms with Crippen LogP contribution in [-0.2, 0) is 16.1 Å². The Hall–Kier alpha value is -2.02. The molecule has 0 fully saturated rings. The number of hydrogen-bond acceptors (Lipinski definition) is 4. The van der Waals surface area contributed by atoms with Crippen molar-refractivity contribution in [3.63, 3.8) is 0 Å². The third-order valence-electron chi connectivity index (χ3n) is 1.17. The molecule has 0 saturated carbocycles. The zero-order chi connectivity index (χ0) is 9.94. The monoisotopic (exact) mass is 176 g/mol.